The fourth-order valence-electron chi connectivity index (χ4n) is 3.49. The summed E-state index contributed by atoms with van der Waals surface area (Å²) in [6.45, 7) is 9.35. The molecule has 4 heteroatoms. The van der Waals surface area contributed by atoms with Crippen LogP contribution in [0.15, 0.2) is 25.5 Å². The minimum atomic E-state index is -0.445. The van der Waals surface area contributed by atoms with Gasteiger partial charge in [0.05, 0.1) is 18.6 Å². The first-order valence-corrected chi connectivity index (χ1v) is 11.7. The minimum Gasteiger partial charge on any atom is -0.461 e. The number of hydrogen-bond donors (Lipinski definition) is 0. The average molecular weight is 409 g/mol. The number of unbranched alkanes of at least 4 members (excludes halogenated alkanes) is 13. The van der Waals surface area contributed by atoms with Gasteiger partial charge in [-0.15, -0.1) is 0 Å². The monoisotopic (exact) mass is 408 g/mol. The number of rotatable bonds is 21. The van der Waals surface area contributed by atoms with Gasteiger partial charge in [0.1, 0.15) is 6.61 Å². The highest BCUT2D eigenvalue weighted by Gasteiger charge is 2.23. The molecule has 0 heterocycles. The van der Waals surface area contributed by atoms with Crippen LogP contribution >= 0.6 is 0 Å². The van der Waals surface area contributed by atoms with Crippen molar-refractivity contribution in [1.29, 1.82) is 0 Å². The maximum absolute atomic E-state index is 12.1. The minimum absolute atomic E-state index is 0.0421. The highest BCUT2D eigenvalue weighted by molar-refractivity contribution is 5.80. The molecule has 0 radical (unpaired) electrons. The molecule has 0 amide bonds. The summed E-state index contributed by atoms with van der Waals surface area (Å²) in [7, 11) is 0. The molecule has 0 rings (SSSR count). The maximum Gasteiger partial charge on any atom is 0.311 e. The number of hydrogen-bond acceptors (Lipinski definition) is 4. The van der Waals surface area contributed by atoms with Crippen LogP contribution in [-0.2, 0) is 19.1 Å². The van der Waals surface area contributed by atoms with Gasteiger partial charge in [0.15, 0.2) is 0 Å². The van der Waals surface area contributed by atoms with Crippen molar-refractivity contribution in [3.63, 3.8) is 0 Å². The molecule has 0 aromatic rings. The molecule has 1 atom stereocenters. The summed E-state index contributed by atoms with van der Waals surface area (Å²) in [6.07, 6.45) is 21.4. The fourth-order valence-corrected chi connectivity index (χ4v) is 3.49. The zero-order valence-corrected chi connectivity index (χ0v) is 18.8. The second-order valence-corrected chi connectivity index (χ2v) is 7.86. The molecule has 1 unspecified atom stereocenters. The highest BCUT2D eigenvalue weighted by atomic mass is 16.5. The van der Waals surface area contributed by atoms with Crippen LogP contribution in [-0.4, -0.2) is 18.5 Å². The molecule has 4 nitrogen and oxygen atoms in total. The molecule has 29 heavy (non-hydrogen) atoms. The van der Waals surface area contributed by atoms with Crippen LogP contribution in [0.4, 0.5) is 0 Å². The van der Waals surface area contributed by atoms with Gasteiger partial charge in [-0.1, -0.05) is 116 Å². The Morgan fingerprint density at radius 2 is 1.28 bits per heavy atom. The van der Waals surface area contributed by atoms with E-state index in [9.17, 15) is 9.59 Å². The van der Waals surface area contributed by atoms with Gasteiger partial charge in [-0.2, -0.15) is 0 Å². The quantitative estimate of drug-likeness (QED) is 0.0866. The molecule has 168 valence electrons. The molecular formula is C25H44O4. The van der Waals surface area contributed by atoms with Gasteiger partial charge in [0, 0.05) is 0 Å². The zero-order chi connectivity index (χ0) is 21.6. The van der Waals surface area contributed by atoms with E-state index in [1.165, 1.54) is 83.1 Å². The number of carbonyl (C=O) groups excluding carboxylic acids is 2. The Hall–Kier alpha value is -1.58. The van der Waals surface area contributed by atoms with Gasteiger partial charge >= 0.3 is 11.9 Å². The Balaban J connectivity index is 3.73. The lowest BCUT2D eigenvalue weighted by Gasteiger charge is -2.14. The van der Waals surface area contributed by atoms with E-state index in [-0.39, 0.29) is 19.0 Å². The zero-order valence-electron chi connectivity index (χ0n) is 18.8. The molecule has 0 aromatic carbocycles. The molecule has 0 aliphatic carbocycles. The van der Waals surface area contributed by atoms with Gasteiger partial charge in [-0.05, 0) is 6.42 Å². The van der Waals surface area contributed by atoms with Gasteiger partial charge in [-0.3, -0.25) is 9.59 Å². The van der Waals surface area contributed by atoms with E-state index in [0.717, 1.165) is 19.1 Å². The van der Waals surface area contributed by atoms with Crippen LogP contribution in [0.5, 0.6) is 0 Å². The van der Waals surface area contributed by atoms with Crippen molar-refractivity contribution in [2.45, 2.75) is 110 Å². The van der Waals surface area contributed by atoms with Gasteiger partial charge < -0.3 is 9.47 Å². The van der Waals surface area contributed by atoms with Crippen molar-refractivity contribution in [3.8, 4) is 0 Å². The second-order valence-electron chi connectivity index (χ2n) is 7.86. The van der Waals surface area contributed by atoms with E-state index in [2.05, 4.69) is 20.1 Å². The third-order valence-corrected chi connectivity index (χ3v) is 5.21. The molecule has 0 aromatic heterocycles. The topological polar surface area (TPSA) is 52.6 Å². The first kappa shape index (κ1) is 27.4. The second kappa shape index (κ2) is 21.1. The molecule has 0 bridgehead atoms. The van der Waals surface area contributed by atoms with E-state index in [1.807, 2.05) is 0 Å². The normalized spacial score (nSPS) is 11.6. The smallest absolute Gasteiger partial charge is 0.311 e. The standard InChI is InChI=1S/C25H44O4/c1-4-7-8-9-10-11-12-13-14-15-16-17-18-19-20-23(22-24(26)28-6-3)25(27)29-21-5-2/h5-6,23H,2-4,7-22H2,1H3. The summed E-state index contributed by atoms with van der Waals surface area (Å²) < 4.78 is 9.86. The average Bonchev–Trinajstić information content (AvgIpc) is 2.71. The van der Waals surface area contributed by atoms with Gasteiger partial charge in [-0.25, -0.2) is 0 Å². The first-order valence-electron chi connectivity index (χ1n) is 11.7. The van der Waals surface area contributed by atoms with Crippen LogP contribution in [0.1, 0.15) is 110 Å². The third kappa shape index (κ3) is 18.2. The van der Waals surface area contributed by atoms with Crippen molar-refractivity contribution in [3.05, 3.63) is 25.5 Å². The number of ether oxygens (including phenoxy) is 2. The Bertz CT molecular complexity index is 431. The largest absolute Gasteiger partial charge is 0.461 e. The van der Waals surface area contributed by atoms with Crippen LogP contribution in [0.25, 0.3) is 0 Å². The lowest BCUT2D eigenvalue weighted by atomic mass is 9.97. The van der Waals surface area contributed by atoms with Crippen LogP contribution in [0.3, 0.4) is 0 Å². The van der Waals surface area contributed by atoms with E-state index in [0.29, 0.717) is 6.42 Å². The van der Waals surface area contributed by atoms with Crippen molar-refractivity contribution in [2.24, 2.45) is 5.92 Å². The predicted molar refractivity (Wildman–Crippen MR) is 120 cm³/mol. The Morgan fingerprint density at radius 3 is 1.72 bits per heavy atom. The molecule has 0 saturated carbocycles. The molecular weight excluding hydrogens is 364 g/mol. The molecule has 0 fully saturated rings. The Morgan fingerprint density at radius 1 is 0.793 bits per heavy atom. The predicted octanol–water partition coefficient (Wildman–Crippen LogP) is 7.28. The SMILES string of the molecule is C=CCOC(=O)C(CCCCCCCCCCCCCCCC)CC(=O)OC=C. The third-order valence-electron chi connectivity index (χ3n) is 5.21. The summed E-state index contributed by atoms with van der Waals surface area (Å²) in [5.74, 6) is -1.23. The van der Waals surface area contributed by atoms with Crippen molar-refractivity contribution in [2.75, 3.05) is 6.61 Å². The molecule has 0 aliphatic rings. The highest BCUT2D eigenvalue weighted by Crippen LogP contribution is 2.18. The number of esters is 2. The lowest BCUT2D eigenvalue weighted by Crippen LogP contribution is -2.21. The van der Waals surface area contributed by atoms with Crippen LogP contribution in [0, 0.1) is 5.92 Å². The molecule has 0 N–H and O–H groups in total. The summed E-state index contributed by atoms with van der Waals surface area (Å²) in [4.78, 5) is 23.8. The van der Waals surface area contributed by atoms with Crippen molar-refractivity contribution < 1.29 is 19.1 Å². The Labute approximate surface area is 179 Å². The molecule has 0 saturated heterocycles. The molecule has 0 spiro atoms. The van der Waals surface area contributed by atoms with Crippen LogP contribution in [0.2, 0.25) is 0 Å². The maximum atomic E-state index is 12.1. The van der Waals surface area contributed by atoms with E-state index in [4.69, 9.17) is 9.47 Å². The fraction of sp³-hybridized carbons (Fsp3) is 0.760. The summed E-state index contributed by atoms with van der Waals surface area (Å²) >= 11 is 0. The summed E-state index contributed by atoms with van der Waals surface area (Å²) in [6, 6.07) is 0. The van der Waals surface area contributed by atoms with E-state index >= 15 is 0 Å². The van der Waals surface area contributed by atoms with E-state index in [1.54, 1.807) is 0 Å². The number of carbonyl (C=O) groups is 2. The lowest BCUT2D eigenvalue weighted by molar-refractivity contribution is -0.152. The molecule has 0 aliphatic heterocycles. The summed E-state index contributed by atoms with van der Waals surface area (Å²) in [5.41, 5.74) is 0. The van der Waals surface area contributed by atoms with Gasteiger partial charge in [0.25, 0.3) is 0 Å². The Kier molecular flexibility index (Phi) is 20.0. The van der Waals surface area contributed by atoms with E-state index < -0.39 is 11.9 Å². The van der Waals surface area contributed by atoms with Crippen LogP contribution < -0.4 is 0 Å². The summed E-state index contributed by atoms with van der Waals surface area (Å²) in [5, 5.41) is 0. The van der Waals surface area contributed by atoms with Crippen molar-refractivity contribution >= 4 is 11.9 Å². The first-order chi connectivity index (χ1) is 14.2. The van der Waals surface area contributed by atoms with Crippen molar-refractivity contribution in [1.82, 2.24) is 0 Å². The van der Waals surface area contributed by atoms with Gasteiger partial charge in [0.2, 0.25) is 0 Å².